The first-order chi connectivity index (χ1) is 13.5. The van der Waals surface area contributed by atoms with Crippen molar-refractivity contribution in [2.75, 3.05) is 5.32 Å². The second kappa shape index (κ2) is 7.89. The molecule has 28 heavy (non-hydrogen) atoms. The number of rotatable bonds is 4. The van der Waals surface area contributed by atoms with E-state index in [1.807, 2.05) is 24.3 Å². The minimum absolute atomic E-state index is 0.180. The van der Waals surface area contributed by atoms with Crippen molar-refractivity contribution in [2.45, 2.75) is 23.2 Å². The molecule has 2 N–H and O–H groups in total. The van der Waals surface area contributed by atoms with Gasteiger partial charge in [0, 0.05) is 22.6 Å². The van der Waals surface area contributed by atoms with Gasteiger partial charge >= 0.3 is 0 Å². The van der Waals surface area contributed by atoms with Gasteiger partial charge in [0.1, 0.15) is 11.6 Å². The summed E-state index contributed by atoms with van der Waals surface area (Å²) in [6.07, 6.45) is 0.183. The van der Waals surface area contributed by atoms with Crippen molar-refractivity contribution < 1.29 is 9.18 Å². The van der Waals surface area contributed by atoms with Crippen LogP contribution in [0.1, 0.15) is 29.0 Å². The Morgan fingerprint density at radius 1 is 1.14 bits per heavy atom. The van der Waals surface area contributed by atoms with E-state index in [0.717, 1.165) is 15.6 Å². The van der Waals surface area contributed by atoms with E-state index in [1.165, 1.54) is 23.9 Å². The van der Waals surface area contributed by atoms with E-state index in [-0.39, 0.29) is 29.6 Å². The summed E-state index contributed by atoms with van der Waals surface area (Å²) in [5.41, 5.74) is 1.96. The molecule has 4 rings (SSSR count). The third-order valence-electron chi connectivity index (χ3n) is 4.50. The van der Waals surface area contributed by atoms with E-state index in [1.54, 1.807) is 12.1 Å². The van der Waals surface area contributed by atoms with Gasteiger partial charge in [-0.15, -0.1) is 0 Å². The summed E-state index contributed by atoms with van der Waals surface area (Å²) in [6.45, 7) is 0. The highest BCUT2D eigenvalue weighted by Gasteiger charge is 2.31. The average molecular weight is 460 g/mol. The maximum Gasteiger partial charge on any atom is 0.257 e. The highest BCUT2D eigenvalue weighted by Crippen LogP contribution is 2.37. The Morgan fingerprint density at radius 2 is 1.89 bits per heavy atom. The lowest BCUT2D eigenvalue weighted by Crippen LogP contribution is -2.31. The number of hydrogen-bond donors (Lipinski definition) is 2. The van der Waals surface area contributed by atoms with Gasteiger partial charge in [-0.25, -0.2) is 9.37 Å². The van der Waals surface area contributed by atoms with Gasteiger partial charge in [0.15, 0.2) is 5.16 Å². The molecule has 1 unspecified atom stereocenters. The highest BCUT2D eigenvalue weighted by atomic mass is 79.9. The molecule has 0 spiro atoms. The molecule has 0 fully saturated rings. The molecule has 1 aliphatic rings. The lowest BCUT2D eigenvalue weighted by molar-refractivity contribution is -0.116. The Bertz CT molecular complexity index is 1100. The number of fused-ring (bicyclic) bond motifs is 1. The van der Waals surface area contributed by atoms with Crippen LogP contribution in [0.5, 0.6) is 0 Å². The number of benzene rings is 2. The Hall–Kier alpha value is -2.45. The number of nitrogens with zero attached hydrogens (tertiary/aromatic N) is 1. The minimum atomic E-state index is -0.369. The normalized spacial score (nSPS) is 15.8. The van der Waals surface area contributed by atoms with E-state index in [0.29, 0.717) is 22.3 Å². The van der Waals surface area contributed by atoms with Crippen molar-refractivity contribution in [3.05, 3.63) is 85.9 Å². The Kier molecular flexibility index (Phi) is 5.32. The number of hydrogen-bond acceptors (Lipinski definition) is 4. The van der Waals surface area contributed by atoms with Crippen LogP contribution in [0.15, 0.2) is 63.0 Å². The third kappa shape index (κ3) is 3.88. The van der Waals surface area contributed by atoms with Crippen molar-refractivity contribution in [1.29, 1.82) is 0 Å². The smallest absolute Gasteiger partial charge is 0.257 e. The van der Waals surface area contributed by atoms with Gasteiger partial charge < -0.3 is 10.3 Å². The van der Waals surface area contributed by atoms with Crippen LogP contribution in [0.25, 0.3) is 0 Å². The first-order valence-electron chi connectivity index (χ1n) is 8.57. The monoisotopic (exact) mass is 459 g/mol. The van der Waals surface area contributed by atoms with Gasteiger partial charge in [0.2, 0.25) is 5.91 Å². The molecule has 1 amide bonds. The van der Waals surface area contributed by atoms with E-state index in [9.17, 15) is 14.0 Å². The van der Waals surface area contributed by atoms with Crippen molar-refractivity contribution in [3.8, 4) is 0 Å². The summed E-state index contributed by atoms with van der Waals surface area (Å²) in [4.78, 5) is 32.3. The summed E-state index contributed by atoms with van der Waals surface area (Å²) in [5.74, 6) is -0.0336. The second-order valence-corrected chi connectivity index (χ2v) is 8.19. The fourth-order valence-electron chi connectivity index (χ4n) is 3.17. The van der Waals surface area contributed by atoms with Crippen molar-refractivity contribution in [2.24, 2.45) is 0 Å². The van der Waals surface area contributed by atoms with Crippen LogP contribution in [-0.4, -0.2) is 15.9 Å². The van der Waals surface area contributed by atoms with E-state index >= 15 is 0 Å². The largest absolute Gasteiger partial charge is 0.310 e. The second-order valence-electron chi connectivity index (χ2n) is 6.37. The number of carbonyl (C=O) groups is 1. The Labute approximate surface area is 172 Å². The number of carbonyl (C=O) groups excluding carboxylic acids is 1. The van der Waals surface area contributed by atoms with E-state index in [4.69, 9.17) is 0 Å². The maximum atomic E-state index is 13.0. The fraction of sp³-hybridized carbons (Fsp3) is 0.150. The fourth-order valence-corrected chi connectivity index (χ4v) is 4.55. The van der Waals surface area contributed by atoms with Gasteiger partial charge in [-0.3, -0.25) is 9.59 Å². The number of nitrogens with one attached hydrogen (secondary N) is 2. The van der Waals surface area contributed by atoms with Gasteiger partial charge in [0.25, 0.3) is 5.56 Å². The van der Waals surface area contributed by atoms with Gasteiger partial charge in [-0.1, -0.05) is 58.0 Å². The molecule has 0 bridgehead atoms. The first kappa shape index (κ1) is 18.9. The van der Waals surface area contributed by atoms with Crippen LogP contribution in [0, 0.1) is 5.82 Å². The third-order valence-corrected chi connectivity index (χ3v) is 6.17. The molecule has 1 aromatic heterocycles. The van der Waals surface area contributed by atoms with Crippen molar-refractivity contribution >= 4 is 39.4 Å². The van der Waals surface area contributed by atoms with Crippen LogP contribution in [0.4, 0.5) is 10.2 Å². The maximum absolute atomic E-state index is 13.0. The summed E-state index contributed by atoms with van der Waals surface area (Å²) < 4.78 is 13.9. The van der Waals surface area contributed by atoms with Gasteiger partial charge in [-0.05, 0) is 29.3 Å². The summed E-state index contributed by atoms with van der Waals surface area (Å²) >= 11 is 4.82. The first-order valence-corrected chi connectivity index (χ1v) is 10.3. The molecule has 0 saturated carbocycles. The molecule has 2 aromatic carbocycles. The number of H-pyrrole nitrogens is 1. The molecule has 0 aliphatic carbocycles. The van der Waals surface area contributed by atoms with Crippen LogP contribution < -0.4 is 10.9 Å². The van der Waals surface area contributed by atoms with Crippen LogP contribution >= 0.6 is 27.7 Å². The standard InChI is InChI=1S/C20H15BrFN3O2S/c21-15-4-2-1-3-13(15)14-9-16(26)23-18-17(14)19(27)25-20(24-18)28-10-11-5-7-12(22)8-6-11/h1-8,14H,9-10H2,(H2,23,24,25,26,27). The molecule has 0 radical (unpaired) electrons. The number of thioether (sulfide) groups is 1. The van der Waals surface area contributed by atoms with Crippen molar-refractivity contribution in [1.82, 2.24) is 9.97 Å². The Morgan fingerprint density at radius 3 is 2.64 bits per heavy atom. The lowest BCUT2D eigenvalue weighted by Gasteiger charge is -2.25. The van der Waals surface area contributed by atoms with Gasteiger partial charge in [-0.2, -0.15) is 0 Å². The predicted octanol–water partition coefficient (Wildman–Crippen LogP) is 4.44. The molecule has 1 aliphatic heterocycles. The quantitative estimate of drug-likeness (QED) is 0.446. The van der Waals surface area contributed by atoms with E-state index in [2.05, 4.69) is 31.2 Å². The summed E-state index contributed by atoms with van der Waals surface area (Å²) in [7, 11) is 0. The SMILES string of the molecule is O=C1CC(c2ccccc2Br)c2c(nc(SCc3ccc(F)cc3)[nH]c2=O)N1. The zero-order chi connectivity index (χ0) is 19.7. The number of amides is 1. The number of aromatic amines is 1. The lowest BCUT2D eigenvalue weighted by atomic mass is 9.87. The molecule has 2 heterocycles. The molecule has 3 aromatic rings. The highest BCUT2D eigenvalue weighted by molar-refractivity contribution is 9.10. The molecule has 142 valence electrons. The van der Waals surface area contributed by atoms with Gasteiger partial charge in [0.05, 0.1) is 5.56 Å². The van der Waals surface area contributed by atoms with E-state index < -0.39 is 0 Å². The number of anilines is 1. The number of halogens is 2. The molecule has 0 saturated heterocycles. The van der Waals surface area contributed by atoms with Crippen LogP contribution in [-0.2, 0) is 10.5 Å². The number of aromatic nitrogens is 2. The van der Waals surface area contributed by atoms with Crippen LogP contribution in [0.3, 0.4) is 0 Å². The zero-order valence-electron chi connectivity index (χ0n) is 14.5. The van der Waals surface area contributed by atoms with Crippen molar-refractivity contribution in [3.63, 3.8) is 0 Å². The topological polar surface area (TPSA) is 74.8 Å². The Balaban J connectivity index is 1.66. The molecule has 5 nitrogen and oxygen atoms in total. The molecular weight excluding hydrogens is 445 g/mol. The minimum Gasteiger partial charge on any atom is -0.310 e. The van der Waals surface area contributed by atoms with Crippen LogP contribution in [0.2, 0.25) is 0 Å². The molecule has 8 heteroatoms. The summed E-state index contributed by atoms with van der Waals surface area (Å²) in [6, 6.07) is 13.7. The summed E-state index contributed by atoms with van der Waals surface area (Å²) in [5, 5.41) is 3.12. The molecular formula is C20H15BrFN3O2S. The zero-order valence-corrected chi connectivity index (χ0v) is 16.9. The predicted molar refractivity (Wildman–Crippen MR) is 110 cm³/mol. The average Bonchev–Trinajstić information content (AvgIpc) is 2.67. The molecule has 1 atom stereocenters.